The first-order chi connectivity index (χ1) is 10.0. The van der Waals surface area contributed by atoms with Gasteiger partial charge >= 0.3 is 0 Å². The van der Waals surface area contributed by atoms with Gasteiger partial charge < -0.3 is 4.74 Å². The summed E-state index contributed by atoms with van der Waals surface area (Å²) >= 11 is 6.89. The number of halogens is 2. The van der Waals surface area contributed by atoms with Crippen molar-refractivity contribution in [2.24, 2.45) is 0 Å². The fourth-order valence-electron chi connectivity index (χ4n) is 2.11. The molecule has 0 spiro atoms. The average Bonchev–Trinajstić information content (AvgIpc) is 2.88. The second-order valence-corrected chi connectivity index (χ2v) is 6.69. The molecule has 6 heteroatoms. The van der Waals surface area contributed by atoms with Gasteiger partial charge in [-0.1, -0.05) is 29.8 Å². The van der Waals surface area contributed by atoms with Gasteiger partial charge in [0.1, 0.15) is 10.4 Å². The van der Waals surface area contributed by atoms with Crippen LogP contribution in [0.5, 0.6) is 11.6 Å². The van der Waals surface area contributed by atoms with Crippen LogP contribution in [0.2, 0.25) is 0 Å². The summed E-state index contributed by atoms with van der Waals surface area (Å²) in [6, 6.07) is 5.98. The van der Waals surface area contributed by atoms with Crippen LogP contribution in [-0.2, 0) is 0 Å². The minimum Gasteiger partial charge on any atom is -0.436 e. The second kappa shape index (κ2) is 5.77. The van der Waals surface area contributed by atoms with E-state index in [1.807, 2.05) is 28.9 Å². The van der Waals surface area contributed by atoms with Crippen LogP contribution in [0, 0.1) is 0 Å². The molecule has 0 aliphatic carbocycles. The van der Waals surface area contributed by atoms with Gasteiger partial charge in [-0.25, -0.2) is 9.97 Å². The zero-order valence-electron chi connectivity index (χ0n) is 11.5. The third-order valence-corrected chi connectivity index (χ3v) is 3.99. The van der Waals surface area contributed by atoms with Crippen molar-refractivity contribution in [1.82, 2.24) is 14.4 Å². The third-order valence-electron chi connectivity index (χ3n) is 3.11. The number of nitrogens with zero attached hydrogens (tertiary/aromatic N) is 3. The lowest BCUT2D eigenvalue weighted by Gasteiger charge is -2.14. The first-order valence-electron chi connectivity index (χ1n) is 6.51. The predicted octanol–water partition coefficient (Wildman–Crippen LogP) is 5.17. The van der Waals surface area contributed by atoms with Crippen LogP contribution >= 0.6 is 31.9 Å². The highest BCUT2D eigenvalue weighted by atomic mass is 79.9. The van der Waals surface area contributed by atoms with Gasteiger partial charge in [-0.05, 0) is 45.6 Å². The molecule has 0 atom stereocenters. The molecule has 0 bridgehead atoms. The molecule has 4 nitrogen and oxygen atoms in total. The summed E-state index contributed by atoms with van der Waals surface area (Å²) in [6.45, 7) is 4.27. The maximum absolute atomic E-state index is 6.03. The van der Waals surface area contributed by atoms with Gasteiger partial charge in [0.05, 0.1) is 0 Å². The molecule has 0 amide bonds. The Labute approximate surface area is 139 Å². The van der Waals surface area contributed by atoms with Gasteiger partial charge in [0.15, 0.2) is 0 Å². The van der Waals surface area contributed by atoms with E-state index in [9.17, 15) is 0 Å². The van der Waals surface area contributed by atoms with Crippen LogP contribution in [0.25, 0.3) is 5.65 Å². The Hall–Kier alpha value is -1.40. The molecule has 0 fully saturated rings. The maximum Gasteiger partial charge on any atom is 0.264 e. The van der Waals surface area contributed by atoms with Gasteiger partial charge in [0, 0.05) is 23.1 Å². The van der Waals surface area contributed by atoms with Gasteiger partial charge in [-0.15, -0.1) is 0 Å². The van der Waals surface area contributed by atoms with Crippen LogP contribution < -0.4 is 4.74 Å². The summed E-state index contributed by atoms with van der Waals surface area (Å²) in [5, 5.41) is 0. The maximum atomic E-state index is 6.03. The molecule has 0 aliphatic rings. The summed E-state index contributed by atoms with van der Waals surface area (Å²) in [4.78, 5) is 8.68. The quantitative estimate of drug-likeness (QED) is 0.597. The van der Waals surface area contributed by atoms with Gasteiger partial charge in [0.25, 0.3) is 5.88 Å². The minimum absolute atomic E-state index is 0.348. The second-order valence-electron chi connectivity index (χ2n) is 4.97. The lowest BCUT2D eigenvalue weighted by Crippen LogP contribution is -1.98. The van der Waals surface area contributed by atoms with E-state index < -0.39 is 0 Å². The van der Waals surface area contributed by atoms with Gasteiger partial charge in [0.2, 0.25) is 5.65 Å². The van der Waals surface area contributed by atoms with Crippen LogP contribution in [-0.4, -0.2) is 14.4 Å². The molecule has 3 rings (SSSR count). The monoisotopic (exact) mass is 409 g/mol. The summed E-state index contributed by atoms with van der Waals surface area (Å²) in [7, 11) is 0. The topological polar surface area (TPSA) is 39.4 Å². The van der Waals surface area contributed by atoms with Crippen molar-refractivity contribution >= 4 is 37.5 Å². The highest BCUT2D eigenvalue weighted by Gasteiger charge is 2.13. The van der Waals surface area contributed by atoms with E-state index in [2.05, 4.69) is 61.7 Å². The molecule has 0 N–H and O–H groups in total. The zero-order valence-corrected chi connectivity index (χ0v) is 14.7. The van der Waals surface area contributed by atoms with E-state index in [4.69, 9.17) is 4.74 Å². The molecule has 21 heavy (non-hydrogen) atoms. The van der Waals surface area contributed by atoms with Crippen LogP contribution in [0.15, 0.2) is 45.9 Å². The normalized spacial score (nSPS) is 11.3. The Kier molecular flexibility index (Phi) is 3.99. The van der Waals surface area contributed by atoms with Crippen molar-refractivity contribution in [3.63, 3.8) is 0 Å². The summed E-state index contributed by atoms with van der Waals surface area (Å²) in [5.41, 5.74) is 1.81. The third kappa shape index (κ3) is 2.96. The fourth-order valence-corrected chi connectivity index (χ4v) is 2.87. The Bertz CT molecular complexity index is 799. The molecule has 0 unspecified atom stereocenters. The van der Waals surface area contributed by atoms with Crippen LogP contribution in [0.4, 0.5) is 0 Å². The Morgan fingerprint density at radius 1 is 1.24 bits per heavy atom. The predicted molar refractivity (Wildman–Crippen MR) is 89.0 cm³/mol. The van der Waals surface area contributed by atoms with Crippen molar-refractivity contribution in [2.75, 3.05) is 0 Å². The van der Waals surface area contributed by atoms with Crippen molar-refractivity contribution < 1.29 is 4.74 Å². The number of aromatic nitrogens is 3. The van der Waals surface area contributed by atoms with E-state index in [-0.39, 0.29) is 0 Å². The number of benzene rings is 1. The van der Waals surface area contributed by atoms with E-state index in [1.54, 1.807) is 6.20 Å². The summed E-state index contributed by atoms with van der Waals surface area (Å²) in [6.07, 6.45) is 5.43. The minimum atomic E-state index is 0.348. The summed E-state index contributed by atoms with van der Waals surface area (Å²) < 4.78 is 9.64. The van der Waals surface area contributed by atoms with Gasteiger partial charge in [-0.3, -0.25) is 4.40 Å². The first kappa shape index (κ1) is 14.5. The molecule has 0 saturated heterocycles. The molecule has 2 heterocycles. The highest BCUT2D eigenvalue weighted by Crippen LogP contribution is 2.33. The van der Waals surface area contributed by atoms with Crippen molar-refractivity contribution in [3.05, 3.63) is 51.4 Å². The SMILES string of the molecule is CC(C)c1cc(Br)ccc1Oc1nc(Br)cn2ccnc12. The molecule has 0 saturated carbocycles. The number of hydrogen-bond acceptors (Lipinski definition) is 3. The van der Waals surface area contributed by atoms with E-state index in [1.165, 1.54) is 0 Å². The molecule has 0 aliphatic heterocycles. The molecular weight excluding hydrogens is 398 g/mol. The van der Waals surface area contributed by atoms with Crippen molar-refractivity contribution in [2.45, 2.75) is 19.8 Å². The van der Waals surface area contributed by atoms with Crippen molar-refractivity contribution in [3.8, 4) is 11.6 Å². The molecule has 3 aromatic rings. The number of imidazole rings is 1. The summed E-state index contributed by atoms with van der Waals surface area (Å²) in [5.74, 6) is 1.63. The van der Waals surface area contributed by atoms with Crippen LogP contribution in [0.1, 0.15) is 25.3 Å². The van der Waals surface area contributed by atoms with E-state index in [0.717, 1.165) is 15.8 Å². The van der Waals surface area contributed by atoms with Gasteiger partial charge in [-0.2, -0.15) is 0 Å². The Morgan fingerprint density at radius 2 is 2.05 bits per heavy atom. The highest BCUT2D eigenvalue weighted by molar-refractivity contribution is 9.10. The number of rotatable bonds is 3. The molecule has 2 aromatic heterocycles. The molecule has 0 radical (unpaired) electrons. The Morgan fingerprint density at radius 3 is 2.81 bits per heavy atom. The number of fused-ring (bicyclic) bond motifs is 1. The molecule has 1 aromatic carbocycles. The zero-order chi connectivity index (χ0) is 15.0. The first-order valence-corrected chi connectivity index (χ1v) is 8.09. The lowest BCUT2D eigenvalue weighted by atomic mass is 10.0. The van der Waals surface area contributed by atoms with E-state index >= 15 is 0 Å². The number of ether oxygens (including phenoxy) is 1. The fraction of sp³-hybridized carbons (Fsp3) is 0.200. The largest absolute Gasteiger partial charge is 0.436 e. The number of hydrogen-bond donors (Lipinski definition) is 0. The van der Waals surface area contributed by atoms with Crippen LogP contribution in [0.3, 0.4) is 0 Å². The average molecular weight is 411 g/mol. The lowest BCUT2D eigenvalue weighted by molar-refractivity contribution is 0.455. The Balaban J connectivity index is 2.08. The smallest absolute Gasteiger partial charge is 0.264 e. The molecule has 108 valence electrons. The standard InChI is InChI=1S/C15H13Br2N3O/c1-9(2)11-7-10(16)3-4-12(11)21-15-14-18-5-6-20(14)8-13(17)19-15/h3-9H,1-2H3. The van der Waals surface area contributed by atoms with E-state index in [0.29, 0.717) is 22.0 Å². The van der Waals surface area contributed by atoms with Crippen molar-refractivity contribution in [1.29, 1.82) is 0 Å². The molecular formula is C15H13Br2N3O.